The van der Waals surface area contributed by atoms with Gasteiger partial charge < -0.3 is 14.4 Å². The number of fused-ring (bicyclic) bond motifs is 3. The summed E-state index contributed by atoms with van der Waals surface area (Å²) in [5, 5.41) is 2.48. The molecule has 9 aromatic rings. The molecule has 1 atom stereocenters. The van der Waals surface area contributed by atoms with E-state index in [1.165, 1.54) is 76.3 Å². The first-order valence-electron chi connectivity index (χ1n) is 21.3. The number of hydrogen-bond acceptors (Lipinski definition) is 2. The second-order valence-corrected chi connectivity index (χ2v) is 16.0. The van der Waals surface area contributed by atoms with E-state index in [4.69, 9.17) is 0 Å². The van der Waals surface area contributed by atoms with Gasteiger partial charge in [0.25, 0.3) is 0 Å². The van der Waals surface area contributed by atoms with E-state index in [0.29, 0.717) is 5.92 Å². The van der Waals surface area contributed by atoms with Gasteiger partial charge in [-0.15, -0.1) is 0 Å². The van der Waals surface area contributed by atoms with Crippen LogP contribution in [0.3, 0.4) is 0 Å². The van der Waals surface area contributed by atoms with Gasteiger partial charge >= 0.3 is 0 Å². The minimum atomic E-state index is 0.215. The molecule has 59 heavy (non-hydrogen) atoms. The van der Waals surface area contributed by atoms with Gasteiger partial charge in [0.2, 0.25) is 0 Å². The van der Waals surface area contributed by atoms with Gasteiger partial charge in [0.15, 0.2) is 0 Å². The van der Waals surface area contributed by atoms with E-state index in [2.05, 4.69) is 228 Å². The summed E-state index contributed by atoms with van der Waals surface area (Å²) >= 11 is 0. The maximum absolute atomic E-state index is 2.42. The first-order valence-corrected chi connectivity index (χ1v) is 21.3. The Hall–Kier alpha value is -6.84. The van der Waals surface area contributed by atoms with Crippen LogP contribution < -0.4 is 9.80 Å². The third-order valence-electron chi connectivity index (χ3n) is 12.5. The molecule has 0 bridgehead atoms. The molecule has 1 aliphatic carbocycles. The van der Waals surface area contributed by atoms with E-state index in [-0.39, 0.29) is 5.92 Å². The Kier molecular flexibility index (Phi) is 10.0. The van der Waals surface area contributed by atoms with Crippen LogP contribution in [0.2, 0.25) is 0 Å². The van der Waals surface area contributed by atoms with Crippen LogP contribution in [0.1, 0.15) is 67.6 Å². The molecule has 1 aliphatic rings. The zero-order valence-electron chi connectivity index (χ0n) is 33.7. The third kappa shape index (κ3) is 7.08. The van der Waals surface area contributed by atoms with Gasteiger partial charge in [-0.3, -0.25) is 0 Å². The van der Waals surface area contributed by atoms with Crippen LogP contribution in [-0.4, -0.2) is 4.57 Å². The normalized spacial score (nSPS) is 13.7. The summed E-state index contributed by atoms with van der Waals surface area (Å²) in [5.41, 5.74) is 14.5. The van der Waals surface area contributed by atoms with E-state index in [0.717, 1.165) is 34.1 Å². The predicted octanol–water partition coefficient (Wildman–Crippen LogP) is 15.9. The lowest BCUT2D eigenvalue weighted by molar-refractivity contribution is 0.443. The summed E-state index contributed by atoms with van der Waals surface area (Å²) in [6, 6.07) is 75.4. The molecular formula is C56H49N3. The van der Waals surface area contributed by atoms with Crippen molar-refractivity contribution in [2.45, 2.75) is 50.9 Å². The van der Waals surface area contributed by atoms with Gasteiger partial charge in [-0.05, 0) is 120 Å². The summed E-state index contributed by atoms with van der Waals surface area (Å²) < 4.78 is 2.42. The molecule has 0 spiro atoms. The summed E-state index contributed by atoms with van der Waals surface area (Å²) in [4.78, 5) is 4.79. The van der Waals surface area contributed by atoms with Gasteiger partial charge in [0.1, 0.15) is 0 Å². The molecule has 8 aromatic carbocycles. The van der Waals surface area contributed by atoms with Gasteiger partial charge in [0, 0.05) is 50.8 Å². The Morgan fingerprint density at radius 1 is 0.424 bits per heavy atom. The number of nitrogens with zero attached hydrogens (tertiary/aromatic N) is 3. The Bertz CT molecular complexity index is 2780. The average Bonchev–Trinajstić information content (AvgIpc) is 3.66. The van der Waals surface area contributed by atoms with Crippen LogP contribution in [0.4, 0.5) is 34.1 Å². The van der Waals surface area contributed by atoms with Crippen LogP contribution in [0.25, 0.3) is 27.5 Å². The summed E-state index contributed by atoms with van der Waals surface area (Å²) in [7, 11) is 0. The second kappa shape index (κ2) is 16.2. The summed E-state index contributed by atoms with van der Waals surface area (Å²) in [6.45, 7) is 2.32. The van der Waals surface area contributed by atoms with E-state index in [1.807, 2.05) is 0 Å². The lowest BCUT2D eigenvalue weighted by Gasteiger charge is -2.28. The predicted molar refractivity (Wildman–Crippen MR) is 250 cm³/mol. The number of aromatic nitrogens is 1. The first kappa shape index (κ1) is 36.5. The maximum Gasteiger partial charge on any atom is 0.0782 e. The third-order valence-corrected chi connectivity index (χ3v) is 12.5. The quantitative estimate of drug-likeness (QED) is 0.137. The molecule has 10 rings (SSSR count). The molecule has 3 nitrogen and oxygen atoms in total. The SMILES string of the molecule is CC(c1ccc(N(c2ccccc2)c2ccc(C3CCCCC3)cc2)cc1)c1ccc(N(c2ccccc2)c2cccc3c4ccccc4n(-c4ccccc4)c23)cc1. The zero-order chi connectivity index (χ0) is 39.5. The van der Waals surface area contributed by atoms with Crippen molar-refractivity contribution in [2.75, 3.05) is 9.80 Å². The van der Waals surface area contributed by atoms with Gasteiger partial charge in [-0.2, -0.15) is 0 Å². The molecule has 1 unspecified atom stereocenters. The Labute approximate surface area is 348 Å². The topological polar surface area (TPSA) is 11.4 Å². The van der Waals surface area contributed by atoms with E-state index >= 15 is 0 Å². The van der Waals surface area contributed by atoms with Crippen LogP contribution in [0.15, 0.2) is 206 Å². The minimum Gasteiger partial charge on any atom is -0.311 e. The van der Waals surface area contributed by atoms with Gasteiger partial charge in [-0.1, -0.05) is 148 Å². The lowest BCUT2D eigenvalue weighted by Crippen LogP contribution is -2.12. The van der Waals surface area contributed by atoms with Crippen LogP contribution in [0.5, 0.6) is 0 Å². The monoisotopic (exact) mass is 763 g/mol. The fourth-order valence-electron chi connectivity index (χ4n) is 9.40. The zero-order valence-corrected chi connectivity index (χ0v) is 33.7. The van der Waals surface area contributed by atoms with E-state index in [1.54, 1.807) is 0 Å². The smallest absolute Gasteiger partial charge is 0.0782 e. The number of anilines is 6. The Morgan fingerprint density at radius 2 is 0.898 bits per heavy atom. The molecule has 1 saturated carbocycles. The molecule has 1 heterocycles. The standard InChI is InChI=1S/C56H49N3/c1-41(42-29-35-49(36-30-42)57(46-19-8-3-9-20-46)50-39-33-45(34-40-50)44-17-6-2-7-18-44)43-31-37-51(38-32-43)58(47-21-10-4-11-22-47)55-28-16-26-53-52-25-14-15-27-54(52)59(56(53)55)48-23-12-5-13-24-48/h3-5,8-16,19-41,44H,2,6-7,17-18H2,1H3. The van der Waals surface area contributed by atoms with Crippen molar-refractivity contribution >= 4 is 55.9 Å². The molecule has 1 aromatic heterocycles. The molecule has 0 aliphatic heterocycles. The molecule has 1 fully saturated rings. The largest absolute Gasteiger partial charge is 0.311 e. The van der Waals surface area contributed by atoms with Gasteiger partial charge in [0.05, 0.1) is 16.7 Å². The van der Waals surface area contributed by atoms with Crippen molar-refractivity contribution in [3.05, 3.63) is 223 Å². The number of rotatable bonds is 10. The van der Waals surface area contributed by atoms with Crippen molar-refractivity contribution in [2.24, 2.45) is 0 Å². The second-order valence-electron chi connectivity index (χ2n) is 16.0. The molecule has 0 radical (unpaired) electrons. The molecular weight excluding hydrogens is 715 g/mol. The minimum absolute atomic E-state index is 0.215. The van der Waals surface area contributed by atoms with Crippen molar-refractivity contribution in [1.29, 1.82) is 0 Å². The molecule has 3 heteroatoms. The number of hydrogen-bond donors (Lipinski definition) is 0. The van der Waals surface area contributed by atoms with E-state index < -0.39 is 0 Å². The van der Waals surface area contributed by atoms with E-state index in [9.17, 15) is 0 Å². The van der Waals surface area contributed by atoms with Crippen molar-refractivity contribution in [3.8, 4) is 5.69 Å². The highest BCUT2D eigenvalue weighted by molar-refractivity contribution is 6.14. The highest BCUT2D eigenvalue weighted by Crippen LogP contribution is 2.44. The highest BCUT2D eigenvalue weighted by Gasteiger charge is 2.22. The Balaban J connectivity index is 0.981. The van der Waals surface area contributed by atoms with Crippen molar-refractivity contribution < 1.29 is 0 Å². The van der Waals surface area contributed by atoms with Crippen LogP contribution >= 0.6 is 0 Å². The number of benzene rings is 8. The van der Waals surface area contributed by atoms with Gasteiger partial charge in [-0.25, -0.2) is 0 Å². The summed E-state index contributed by atoms with van der Waals surface area (Å²) in [5.74, 6) is 0.911. The fraction of sp³-hybridized carbons (Fsp3) is 0.143. The molecule has 288 valence electrons. The fourth-order valence-corrected chi connectivity index (χ4v) is 9.40. The maximum atomic E-state index is 2.42. The molecule has 0 saturated heterocycles. The van der Waals surface area contributed by atoms with Crippen molar-refractivity contribution in [1.82, 2.24) is 4.57 Å². The molecule has 0 N–H and O–H groups in total. The first-order chi connectivity index (χ1) is 29.2. The number of para-hydroxylation sites is 5. The molecule has 0 amide bonds. The Morgan fingerprint density at radius 3 is 1.51 bits per heavy atom. The highest BCUT2D eigenvalue weighted by atomic mass is 15.2. The average molecular weight is 764 g/mol. The summed E-state index contributed by atoms with van der Waals surface area (Å²) in [6.07, 6.45) is 6.70. The van der Waals surface area contributed by atoms with Crippen molar-refractivity contribution in [3.63, 3.8) is 0 Å². The van der Waals surface area contributed by atoms with Crippen LogP contribution in [-0.2, 0) is 0 Å². The van der Waals surface area contributed by atoms with Crippen LogP contribution in [0, 0.1) is 0 Å². The lowest BCUT2D eigenvalue weighted by atomic mass is 9.84.